The van der Waals surface area contributed by atoms with Crippen molar-refractivity contribution in [2.75, 3.05) is 12.5 Å². The Hall–Kier alpha value is -0.620. The zero-order valence-electron chi connectivity index (χ0n) is 8.60. The van der Waals surface area contributed by atoms with Gasteiger partial charge >= 0.3 is 0 Å². The van der Waals surface area contributed by atoms with Gasteiger partial charge in [-0.1, -0.05) is 11.8 Å². The molecule has 1 aromatic rings. The maximum absolute atomic E-state index is 11.6. The first-order chi connectivity index (χ1) is 6.99. The van der Waals surface area contributed by atoms with Crippen LogP contribution in [0.4, 0.5) is 0 Å². The van der Waals surface area contributed by atoms with Crippen LogP contribution in [0.2, 0.25) is 0 Å². The lowest BCUT2D eigenvalue weighted by atomic mass is 10.3. The van der Waals surface area contributed by atoms with E-state index < -0.39 is 14.6 Å². The maximum Gasteiger partial charge on any atom is 0.187 e. The first kappa shape index (κ1) is 10.9. The van der Waals surface area contributed by atoms with E-state index in [9.17, 15) is 8.42 Å². The molecule has 0 atom stereocenters. The van der Waals surface area contributed by atoms with Gasteiger partial charge in [-0.15, -0.1) is 0 Å². The van der Waals surface area contributed by atoms with Gasteiger partial charge in [0.2, 0.25) is 0 Å². The van der Waals surface area contributed by atoms with Crippen molar-refractivity contribution in [2.24, 2.45) is 0 Å². The van der Waals surface area contributed by atoms with Crippen molar-refractivity contribution in [3.05, 3.63) is 18.0 Å². The molecule has 0 unspecified atom stereocenters. The topological polar surface area (TPSA) is 59.9 Å². The number of thioether (sulfide) groups is 1. The normalized spacial score (nSPS) is 18.8. The average Bonchev–Trinajstić information content (AvgIpc) is 2.97. The molecule has 0 amide bonds. The van der Waals surface area contributed by atoms with E-state index in [0.29, 0.717) is 23.7 Å². The minimum absolute atomic E-state index is 0.627. The van der Waals surface area contributed by atoms with Crippen LogP contribution >= 0.6 is 11.8 Å². The third-order valence-corrected chi connectivity index (χ3v) is 5.30. The molecule has 1 heterocycles. The Balaban J connectivity index is 2.47. The lowest BCUT2D eigenvalue weighted by Crippen LogP contribution is -2.21. The van der Waals surface area contributed by atoms with Crippen LogP contribution in [0.15, 0.2) is 17.4 Å². The number of hydrogen-bond donors (Lipinski definition) is 0. The summed E-state index contributed by atoms with van der Waals surface area (Å²) in [6, 6.07) is 1.70. The summed E-state index contributed by atoms with van der Waals surface area (Å²) in [5.41, 5.74) is 0.643. The minimum atomic E-state index is -3.07. The number of aromatic nitrogens is 2. The Morgan fingerprint density at radius 1 is 1.47 bits per heavy atom. The monoisotopic (exact) mass is 244 g/mol. The quantitative estimate of drug-likeness (QED) is 0.591. The van der Waals surface area contributed by atoms with Crippen molar-refractivity contribution in [1.29, 1.82) is 0 Å². The molecule has 1 fully saturated rings. The lowest BCUT2D eigenvalue weighted by Gasteiger charge is -2.12. The molecule has 0 aliphatic heterocycles. The minimum Gasteiger partial charge on any atom is -0.231 e. The highest BCUT2D eigenvalue weighted by atomic mass is 32.2. The molecule has 0 radical (unpaired) electrons. The van der Waals surface area contributed by atoms with Crippen LogP contribution in [0.5, 0.6) is 0 Å². The smallest absolute Gasteiger partial charge is 0.187 e. The standard InChI is InChI=1S/C9H12N2O2S2/c1-14-8-10-6-3-7(11-8)9(4-5-9)15(2,12)13/h3,6H,4-5H2,1-2H3. The van der Waals surface area contributed by atoms with Crippen LogP contribution in [-0.4, -0.2) is 30.9 Å². The first-order valence-electron chi connectivity index (χ1n) is 4.57. The molecular formula is C9H12N2O2S2. The molecule has 0 aromatic carbocycles. The van der Waals surface area contributed by atoms with Crippen LogP contribution in [0.25, 0.3) is 0 Å². The summed E-state index contributed by atoms with van der Waals surface area (Å²) in [6.07, 6.45) is 6.13. The second-order valence-electron chi connectivity index (χ2n) is 3.70. The van der Waals surface area contributed by atoms with Crippen molar-refractivity contribution in [3.63, 3.8) is 0 Å². The maximum atomic E-state index is 11.6. The van der Waals surface area contributed by atoms with Crippen molar-refractivity contribution >= 4 is 21.6 Å². The summed E-state index contributed by atoms with van der Waals surface area (Å²) in [5.74, 6) is 0. The van der Waals surface area contributed by atoms with Gasteiger partial charge < -0.3 is 0 Å². The third kappa shape index (κ3) is 1.76. The molecule has 6 heteroatoms. The third-order valence-electron chi connectivity index (χ3n) is 2.70. The molecule has 15 heavy (non-hydrogen) atoms. The number of nitrogens with zero attached hydrogens (tertiary/aromatic N) is 2. The fourth-order valence-electron chi connectivity index (χ4n) is 1.62. The van der Waals surface area contributed by atoms with Gasteiger partial charge in [0, 0.05) is 12.5 Å². The van der Waals surface area contributed by atoms with Crippen LogP contribution < -0.4 is 0 Å². The number of rotatable bonds is 3. The first-order valence-corrected chi connectivity index (χ1v) is 7.68. The summed E-state index contributed by atoms with van der Waals surface area (Å²) in [5, 5.41) is 0.627. The fraction of sp³-hybridized carbons (Fsp3) is 0.556. The highest BCUT2D eigenvalue weighted by molar-refractivity contribution is 7.98. The molecule has 0 bridgehead atoms. The SMILES string of the molecule is CSc1nccc(C2(S(C)(=O)=O)CC2)n1. The lowest BCUT2D eigenvalue weighted by molar-refractivity contribution is 0.583. The highest BCUT2D eigenvalue weighted by Gasteiger charge is 2.54. The summed E-state index contributed by atoms with van der Waals surface area (Å²) in [7, 11) is -3.07. The Morgan fingerprint density at radius 2 is 2.13 bits per heavy atom. The van der Waals surface area contributed by atoms with Gasteiger partial charge in [-0.25, -0.2) is 18.4 Å². The summed E-state index contributed by atoms with van der Waals surface area (Å²) in [4.78, 5) is 8.30. The van der Waals surface area contributed by atoms with Gasteiger partial charge in [-0.05, 0) is 25.2 Å². The van der Waals surface area contributed by atoms with E-state index in [4.69, 9.17) is 0 Å². The Bertz CT molecular complexity index is 481. The zero-order chi connectivity index (χ0) is 11.1. The van der Waals surface area contributed by atoms with Crippen molar-refractivity contribution in [2.45, 2.75) is 22.7 Å². The molecule has 0 N–H and O–H groups in total. The number of hydrogen-bond acceptors (Lipinski definition) is 5. The molecule has 0 saturated heterocycles. The Kier molecular flexibility index (Phi) is 2.50. The van der Waals surface area contributed by atoms with Crippen LogP contribution in [0.3, 0.4) is 0 Å². The van der Waals surface area contributed by atoms with E-state index in [-0.39, 0.29) is 0 Å². The van der Waals surface area contributed by atoms with Crippen molar-refractivity contribution < 1.29 is 8.42 Å². The zero-order valence-corrected chi connectivity index (χ0v) is 10.2. The molecule has 1 aliphatic carbocycles. The Morgan fingerprint density at radius 3 is 2.60 bits per heavy atom. The molecule has 1 aromatic heterocycles. The van der Waals surface area contributed by atoms with Gasteiger partial charge in [0.05, 0.1) is 5.69 Å². The molecule has 1 aliphatic rings. The van der Waals surface area contributed by atoms with E-state index >= 15 is 0 Å². The molecule has 4 nitrogen and oxygen atoms in total. The fourth-order valence-corrected chi connectivity index (χ4v) is 3.32. The summed E-state index contributed by atoms with van der Waals surface area (Å²) < 4.78 is 22.6. The second-order valence-corrected chi connectivity index (χ2v) is 6.79. The van der Waals surface area contributed by atoms with Crippen molar-refractivity contribution in [1.82, 2.24) is 9.97 Å². The number of sulfone groups is 1. The van der Waals surface area contributed by atoms with E-state index in [2.05, 4.69) is 9.97 Å². The van der Waals surface area contributed by atoms with Gasteiger partial charge in [0.15, 0.2) is 15.0 Å². The van der Waals surface area contributed by atoms with E-state index in [1.54, 1.807) is 12.3 Å². The summed E-state index contributed by atoms with van der Waals surface area (Å²) in [6.45, 7) is 0. The van der Waals surface area contributed by atoms with Crippen molar-refractivity contribution in [3.8, 4) is 0 Å². The molecule has 82 valence electrons. The molecule has 0 spiro atoms. The predicted molar refractivity (Wildman–Crippen MR) is 59.6 cm³/mol. The van der Waals surface area contributed by atoms with Gasteiger partial charge in [0.1, 0.15) is 4.75 Å². The predicted octanol–water partition coefficient (Wildman–Crippen LogP) is 1.23. The van der Waals surface area contributed by atoms with Gasteiger partial charge in [0.25, 0.3) is 0 Å². The molecule has 1 saturated carbocycles. The Labute approximate surface area is 93.4 Å². The second kappa shape index (κ2) is 3.45. The van der Waals surface area contributed by atoms with E-state index in [1.807, 2.05) is 6.26 Å². The van der Waals surface area contributed by atoms with Crippen LogP contribution in [-0.2, 0) is 14.6 Å². The molecule has 2 rings (SSSR count). The van der Waals surface area contributed by atoms with Gasteiger partial charge in [-0.3, -0.25) is 0 Å². The van der Waals surface area contributed by atoms with E-state index in [0.717, 1.165) is 0 Å². The van der Waals surface area contributed by atoms with Crippen LogP contribution in [0, 0.1) is 0 Å². The average molecular weight is 244 g/mol. The van der Waals surface area contributed by atoms with Crippen LogP contribution in [0.1, 0.15) is 18.5 Å². The van der Waals surface area contributed by atoms with E-state index in [1.165, 1.54) is 18.0 Å². The molecular weight excluding hydrogens is 232 g/mol. The summed E-state index contributed by atoms with van der Waals surface area (Å²) >= 11 is 1.42. The highest BCUT2D eigenvalue weighted by Crippen LogP contribution is 2.51. The van der Waals surface area contributed by atoms with Gasteiger partial charge in [-0.2, -0.15) is 0 Å². The largest absolute Gasteiger partial charge is 0.231 e.